The fourth-order valence-electron chi connectivity index (χ4n) is 4.14. The molecule has 0 radical (unpaired) electrons. The Morgan fingerprint density at radius 2 is 1.96 bits per heavy atom. The first kappa shape index (κ1) is 17.4. The lowest BCUT2D eigenvalue weighted by Gasteiger charge is -2.48. The maximum atomic E-state index is 12.2. The fourth-order valence-corrected chi connectivity index (χ4v) is 5.43. The molecule has 0 aromatic carbocycles. The number of hydrogen-bond acceptors (Lipinski definition) is 4. The van der Waals surface area contributed by atoms with Gasteiger partial charge in [0.05, 0.1) is 13.2 Å². The molecule has 6 heteroatoms. The highest BCUT2D eigenvalue weighted by Gasteiger charge is 2.38. The standard InChI is InChI=1S/C17H31N3O2S/c21-16(18-12-15-4-11-23-13-15)19-14-17(5-2-1-3-6-17)20-7-9-22-10-8-20/h15H,1-14H2,(H2,18,19,21)/t15-/m0/s1. The van der Waals surface area contributed by atoms with E-state index in [0.717, 1.165) is 39.4 Å². The number of nitrogens with one attached hydrogen (secondary N) is 2. The van der Waals surface area contributed by atoms with Crippen LogP contribution in [0.4, 0.5) is 4.79 Å². The van der Waals surface area contributed by atoms with Crippen LogP contribution in [0.1, 0.15) is 38.5 Å². The van der Waals surface area contributed by atoms with Crippen LogP contribution >= 0.6 is 11.8 Å². The third kappa shape index (κ3) is 4.77. The van der Waals surface area contributed by atoms with E-state index < -0.39 is 0 Å². The lowest BCUT2D eigenvalue weighted by molar-refractivity contribution is -0.0357. The third-order valence-corrected chi connectivity index (χ3v) is 6.85. The van der Waals surface area contributed by atoms with Crippen molar-refractivity contribution in [3.63, 3.8) is 0 Å². The number of carbonyl (C=O) groups excluding carboxylic acids is 1. The van der Waals surface area contributed by atoms with Crippen molar-refractivity contribution < 1.29 is 9.53 Å². The maximum Gasteiger partial charge on any atom is 0.314 e. The van der Waals surface area contributed by atoms with Gasteiger partial charge < -0.3 is 15.4 Å². The monoisotopic (exact) mass is 341 g/mol. The van der Waals surface area contributed by atoms with Gasteiger partial charge in [0.25, 0.3) is 0 Å². The van der Waals surface area contributed by atoms with E-state index in [1.54, 1.807) is 0 Å². The molecular formula is C17H31N3O2S. The van der Waals surface area contributed by atoms with Crippen molar-refractivity contribution in [1.29, 1.82) is 0 Å². The zero-order chi connectivity index (χ0) is 16.0. The summed E-state index contributed by atoms with van der Waals surface area (Å²) in [6, 6.07) is 0.0140. The summed E-state index contributed by atoms with van der Waals surface area (Å²) in [5.41, 5.74) is 0.155. The highest BCUT2D eigenvalue weighted by molar-refractivity contribution is 7.99. The number of morpholine rings is 1. The third-order valence-electron chi connectivity index (χ3n) is 5.62. The van der Waals surface area contributed by atoms with Crippen LogP contribution in [-0.2, 0) is 4.74 Å². The average molecular weight is 342 g/mol. The van der Waals surface area contributed by atoms with Gasteiger partial charge in [-0.05, 0) is 36.7 Å². The zero-order valence-electron chi connectivity index (χ0n) is 14.1. The quantitative estimate of drug-likeness (QED) is 0.804. The molecule has 1 aliphatic carbocycles. The van der Waals surface area contributed by atoms with Gasteiger partial charge in [0, 0.05) is 31.7 Å². The summed E-state index contributed by atoms with van der Waals surface area (Å²) in [5, 5.41) is 6.25. The molecule has 2 heterocycles. The summed E-state index contributed by atoms with van der Waals surface area (Å²) in [6.45, 7) is 5.26. The maximum absolute atomic E-state index is 12.2. The predicted molar refractivity (Wildman–Crippen MR) is 95.0 cm³/mol. The Kier molecular flexibility index (Phi) is 6.48. The van der Waals surface area contributed by atoms with Gasteiger partial charge in [-0.15, -0.1) is 0 Å². The molecular weight excluding hydrogens is 310 g/mol. The van der Waals surface area contributed by atoms with Gasteiger partial charge in [-0.3, -0.25) is 4.90 Å². The number of nitrogens with zero attached hydrogens (tertiary/aromatic N) is 1. The predicted octanol–water partition coefficient (Wildman–Crippen LogP) is 2.07. The minimum absolute atomic E-state index is 0.0140. The molecule has 23 heavy (non-hydrogen) atoms. The van der Waals surface area contributed by atoms with E-state index in [9.17, 15) is 4.79 Å². The molecule has 2 amide bonds. The zero-order valence-corrected chi connectivity index (χ0v) is 15.0. The molecule has 0 spiro atoms. The first-order chi connectivity index (χ1) is 11.3. The molecule has 0 aromatic rings. The Morgan fingerprint density at radius 1 is 1.17 bits per heavy atom. The number of rotatable bonds is 5. The van der Waals surface area contributed by atoms with Gasteiger partial charge in [0.2, 0.25) is 0 Å². The molecule has 0 aromatic heterocycles. The Bertz CT molecular complexity index is 376. The van der Waals surface area contributed by atoms with Crippen LogP contribution in [0.5, 0.6) is 0 Å². The Hall–Kier alpha value is -0.460. The number of carbonyl (C=O) groups is 1. The van der Waals surface area contributed by atoms with Crippen molar-refractivity contribution in [2.75, 3.05) is 50.9 Å². The van der Waals surface area contributed by atoms with Crippen LogP contribution in [0, 0.1) is 5.92 Å². The van der Waals surface area contributed by atoms with Gasteiger partial charge in [0.15, 0.2) is 0 Å². The summed E-state index contributed by atoms with van der Waals surface area (Å²) in [6.07, 6.45) is 7.53. The van der Waals surface area contributed by atoms with Gasteiger partial charge in [-0.2, -0.15) is 11.8 Å². The van der Waals surface area contributed by atoms with Gasteiger partial charge in [0.1, 0.15) is 0 Å². The second-order valence-electron chi connectivity index (χ2n) is 7.18. The number of hydrogen-bond donors (Lipinski definition) is 2. The van der Waals surface area contributed by atoms with Crippen molar-refractivity contribution >= 4 is 17.8 Å². The number of amides is 2. The van der Waals surface area contributed by atoms with Gasteiger partial charge in [-0.1, -0.05) is 19.3 Å². The van der Waals surface area contributed by atoms with E-state index in [0.29, 0.717) is 5.92 Å². The van der Waals surface area contributed by atoms with Crippen LogP contribution in [-0.4, -0.2) is 67.4 Å². The van der Waals surface area contributed by atoms with Crippen LogP contribution in [0.15, 0.2) is 0 Å². The molecule has 3 fully saturated rings. The number of ether oxygens (including phenoxy) is 1. The summed E-state index contributed by atoms with van der Waals surface area (Å²) < 4.78 is 5.51. The van der Waals surface area contributed by atoms with Gasteiger partial charge >= 0.3 is 6.03 Å². The largest absolute Gasteiger partial charge is 0.379 e. The average Bonchev–Trinajstić information content (AvgIpc) is 3.13. The topological polar surface area (TPSA) is 53.6 Å². The lowest BCUT2D eigenvalue weighted by Crippen LogP contribution is -2.60. The molecule has 1 saturated carbocycles. The molecule has 3 rings (SSSR count). The molecule has 2 saturated heterocycles. The van der Waals surface area contributed by atoms with Crippen LogP contribution in [0.3, 0.4) is 0 Å². The van der Waals surface area contributed by atoms with Crippen molar-refractivity contribution in [1.82, 2.24) is 15.5 Å². The molecule has 2 aliphatic heterocycles. The minimum atomic E-state index is 0.0140. The normalized spacial score (nSPS) is 28.4. The first-order valence-corrected chi connectivity index (χ1v) is 10.4. The molecule has 5 nitrogen and oxygen atoms in total. The second kappa shape index (κ2) is 8.58. The smallest absolute Gasteiger partial charge is 0.314 e. The minimum Gasteiger partial charge on any atom is -0.379 e. The summed E-state index contributed by atoms with van der Waals surface area (Å²) in [5.74, 6) is 3.10. The van der Waals surface area contributed by atoms with Gasteiger partial charge in [-0.25, -0.2) is 4.79 Å². The van der Waals surface area contributed by atoms with E-state index in [-0.39, 0.29) is 11.6 Å². The Labute approximate surface area is 144 Å². The van der Waals surface area contributed by atoms with Crippen LogP contribution in [0.25, 0.3) is 0 Å². The molecule has 3 aliphatic rings. The van der Waals surface area contributed by atoms with Crippen LogP contribution < -0.4 is 10.6 Å². The first-order valence-electron chi connectivity index (χ1n) is 9.21. The summed E-state index contributed by atoms with van der Waals surface area (Å²) in [7, 11) is 0. The second-order valence-corrected chi connectivity index (χ2v) is 8.33. The molecule has 2 N–H and O–H groups in total. The highest BCUT2D eigenvalue weighted by Crippen LogP contribution is 2.33. The van der Waals surface area contributed by atoms with E-state index in [2.05, 4.69) is 15.5 Å². The number of urea groups is 1. The van der Waals surface area contributed by atoms with Crippen LogP contribution in [0.2, 0.25) is 0 Å². The molecule has 132 valence electrons. The Balaban J connectivity index is 1.48. The van der Waals surface area contributed by atoms with E-state index >= 15 is 0 Å². The SMILES string of the molecule is O=C(NC[C@@H]1CCSC1)NCC1(N2CCOCC2)CCCCC1. The lowest BCUT2D eigenvalue weighted by atomic mass is 9.80. The van der Waals surface area contributed by atoms with Crippen molar-refractivity contribution in [3.05, 3.63) is 0 Å². The van der Waals surface area contributed by atoms with Crippen molar-refractivity contribution in [2.45, 2.75) is 44.1 Å². The highest BCUT2D eigenvalue weighted by atomic mass is 32.2. The molecule has 0 unspecified atom stereocenters. The van der Waals surface area contributed by atoms with Crippen molar-refractivity contribution in [3.8, 4) is 0 Å². The summed E-state index contributed by atoms with van der Waals surface area (Å²) in [4.78, 5) is 14.8. The fraction of sp³-hybridized carbons (Fsp3) is 0.941. The van der Waals surface area contributed by atoms with Crippen molar-refractivity contribution in [2.24, 2.45) is 5.92 Å². The van der Waals surface area contributed by atoms with E-state index in [4.69, 9.17) is 4.74 Å². The van der Waals surface area contributed by atoms with E-state index in [1.807, 2.05) is 11.8 Å². The number of thioether (sulfide) groups is 1. The van der Waals surface area contributed by atoms with E-state index in [1.165, 1.54) is 50.0 Å². The molecule has 1 atom stereocenters. The molecule has 0 bridgehead atoms. The Morgan fingerprint density at radius 3 is 2.65 bits per heavy atom. The summed E-state index contributed by atoms with van der Waals surface area (Å²) >= 11 is 2.00.